The molecule has 4 nitrogen and oxygen atoms in total. The first-order valence-electron chi connectivity index (χ1n) is 5.47. The van der Waals surface area contributed by atoms with E-state index in [0.717, 1.165) is 14.6 Å². The first-order valence-corrected chi connectivity index (χ1v) is 7.07. The predicted molar refractivity (Wildman–Crippen MR) is 83.0 cm³/mol. The van der Waals surface area contributed by atoms with Crippen LogP contribution in [0.15, 0.2) is 24.3 Å². The third-order valence-electron chi connectivity index (χ3n) is 2.62. The topological polar surface area (TPSA) is 46.1 Å². The van der Waals surface area contributed by atoms with E-state index in [-0.39, 0.29) is 6.03 Å². The molecule has 0 unspecified atom stereocenters. The van der Waals surface area contributed by atoms with Crippen LogP contribution < -0.4 is 10.6 Å². The van der Waals surface area contributed by atoms with Crippen molar-refractivity contribution in [2.45, 2.75) is 6.92 Å². The molecule has 0 bridgehead atoms. The smallest absolute Gasteiger partial charge is 0.324 e. The average molecular weight is 314 g/mol. The number of aromatic nitrogens is 1. The number of amides is 2. The number of benzene rings is 1. The summed E-state index contributed by atoms with van der Waals surface area (Å²) in [6, 6.07) is 6.61. The van der Waals surface area contributed by atoms with Crippen molar-refractivity contribution in [2.75, 3.05) is 10.6 Å². The Morgan fingerprint density at radius 2 is 1.95 bits per heavy atom. The fourth-order valence-electron chi connectivity index (χ4n) is 1.43. The number of nitrogens with one attached hydrogen (secondary N) is 2. The minimum atomic E-state index is -0.303. The molecule has 7 heteroatoms. The summed E-state index contributed by atoms with van der Waals surface area (Å²) in [5.74, 6) is 0. The summed E-state index contributed by atoms with van der Waals surface area (Å²) in [6.07, 6.45) is 0. The molecule has 2 amide bonds. The molecular formula is C12H12ClN3OS2. The second-order valence-electron chi connectivity index (χ2n) is 3.93. The Hall–Kier alpha value is -1.37. The van der Waals surface area contributed by atoms with Gasteiger partial charge in [0.05, 0.1) is 5.69 Å². The van der Waals surface area contributed by atoms with Gasteiger partial charge in [0.2, 0.25) is 0 Å². The molecule has 0 fully saturated rings. The average Bonchev–Trinajstić information content (AvgIpc) is 2.60. The molecule has 19 heavy (non-hydrogen) atoms. The summed E-state index contributed by atoms with van der Waals surface area (Å²) < 4.78 is 2.58. The number of carbonyl (C=O) groups excluding carboxylic acids is 1. The fourth-order valence-corrected chi connectivity index (χ4v) is 2.82. The van der Waals surface area contributed by atoms with Crippen molar-refractivity contribution in [3.63, 3.8) is 0 Å². The van der Waals surface area contributed by atoms with E-state index in [1.54, 1.807) is 24.3 Å². The van der Waals surface area contributed by atoms with Gasteiger partial charge in [-0.05, 0) is 43.4 Å². The summed E-state index contributed by atoms with van der Waals surface area (Å²) >= 11 is 12.3. The summed E-state index contributed by atoms with van der Waals surface area (Å²) in [4.78, 5) is 11.8. The van der Waals surface area contributed by atoms with Gasteiger partial charge in [0.25, 0.3) is 0 Å². The van der Waals surface area contributed by atoms with Crippen LogP contribution in [0.1, 0.15) is 5.69 Å². The molecule has 2 N–H and O–H groups in total. The van der Waals surface area contributed by atoms with Gasteiger partial charge in [0, 0.05) is 17.8 Å². The molecule has 0 radical (unpaired) electrons. The van der Waals surface area contributed by atoms with E-state index in [0.29, 0.717) is 10.7 Å². The predicted octanol–water partition coefficient (Wildman–Crippen LogP) is 4.42. The van der Waals surface area contributed by atoms with Crippen LogP contribution in [0.5, 0.6) is 0 Å². The third kappa shape index (κ3) is 3.34. The molecule has 2 aromatic rings. The Kier molecular flexibility index (Phi) is 4.24. The maximum Gasteiger partial charge on any atom is 0.324 e. The number of halogens is 1. The number of rotatable bonds is 2. The monoisotopic (exact) mass is 313 g/mol. The van der Waals surface area contributed by atoms with Crippen LogP contribution in [0.2, 0.25) is 5.02 Å². The molecule has 0 saturated heterocycles. The Labute approximate surface area is 125 Å². The van der Waals surface area contributed by atoms with Gasteiger partial charge in [-0.3, -0.25) is 5.32 Å². The quantitative estimate of drug-likeness (QED) is 0.806. The summed E-state index contributed by atoms with van der Waals surface area (Å²) in [6.45, 7) is 1.91. The van der Waals surface area contributed by atoms with E-state index in [2.05, 4.69) is 10.6 Å². The highest BCUT2D eigenvalue weighted by Gasteiger charge is 2.09. The zero-order valence-corrected chi connectivity index (χ0v) is 12.7. The van der Waals surface area contributed by atoms with Gasteiger partial charge >= 0.3 is 6.03 Å². The van der Waals surface area contributed by atoms with Crippen molar-refractivity contribution >= 4 is 51.9 Å². The highest BCUT2D eigenvalue weighted by molar-refractivity contribution is 7.73. The molecule has 1 aromatic carbocycles. The maximum absolute atomic E-state index is 11.8. The summed E-state index contributed by atoms with van der Waals surface area (Å²) in [7, 11) is 1.87. The molecule has 0 aliphatic heterocycles. The molecule has 0 spiro atoms. The van der Waals surface area contributed by atoms with Crippen molar-refractivity contribution in [3.05, 3.63) is 38.9 Å². The molecular weight excluding hydrogens is 302 g/mol. The number of urea groups is 1. The Morgan fingerprint density at radius 1 is 1.32 bits per heavy atom. The lowest BCUT2D eigenvalue weighted by atomic mass is 10.3. The number of hydrogen-bond donors (Lipinski definition) is 2. The maximum atomic E-state index is 11.8. The molecule has 100 valence electrons. The number of thiazole rings is 1. The Morgan fingerprint density at radius 3 is 2.47 bits per heavy atom. The minimum absolute atomic E-state index is 0.303. The van der Waals surface area contributed by atoms with Gasteiger partial charge in [0.1, 0.15) is 5.00 Å². The standard InChI is InChI=1S/C12H12ClN3OS2/c1-7-10(19-12(18)16(7)2)15-11(17)14-9-5-3-8(13)4-6-9/h3-6H,1-2H3,(H2,14,15,17). The molecule has 0 aliphatic carbocycles. The number of anilines is 2. The van der Waals surface area contributed by atoms with Crippen molar-refractivity contribution < 1.29 is 4.79 Å². The van der Waals surface area contributed by atoms with E-state index in [9.17, 15) is 4.79 Å². The zero-order chi connectivity index (χ0) is 14.0. The summed E-state index contributed by atoms with van der Waals surface area (Å²) in [5.41, 5.74) is 1.61. The SMILES string of the molecule is Cc1c(NC(=O)Nc2ccc(Cl)cc2)sc(=S)n1C. The first-order chi connectivity index (χ1) is 8.97. The minimum Gasteiger partial charge on any atom is -0.328 e. The van der Waals surface area contributed by atoms with Crippen LogP contribution in [0.3, 0.4) is 0 Å². The van der Waals surface area contributed by atoms with E-state index in [4.69, 9.17) is 23.8 Å². The van der Waals surface area contributed by atoms with Crippen LogP contribution in [0.4, 0.5) is 15.5 Å². The van der Waals surface area contributed by atoms with Gasteiger partial charge in [0.15, 0.2) is 3.95 Å². The lowest BCUT2D eigenvalue weighted by Gasteiger charge is -2.07. The second kappa shape index (κ2) is 5.73. The van der Waals surface area contributed by atoms with Gasteiger partial charge in [-0.2, -0.15) is 0 Å². The van der Waals surface area contributed by atoms with E-state index < -0.39 is 0 Å². The Balaban J connectivity index is 2.07. The van der Waals surface area contributed by atoms with Crippen molar-refractivity contribution in [1.29, 1.82) is 0 Å². The normalized spacial score (nSPS) is 10.3. The van der Waals surface area contributed by atoms with Crippen LogP contribution >= 0.6 is 35.2 Å². The van der Waals surface area contributed by atoms with Gasteiger partial charge in [-0.25, -0.2) is 4.79 Å². The van der Waals surface area contributed by atoms with Gasteiger partial charge in [-0.15, -0.1) is 0 Å². The van der Waals surface area contributed by atoms with Crippen LogP contribution in [-0.2, 0) is 7.05 Å². The van der Waals surface area contributed by atoms with Crippen LogP contribution in [0, 0.1) is 10.9 Å². The highest BCUT2D eigenvalue weighted by Crippen LogP contribution is 2.23. The molecule has 1 heterocycles. The Bertz CT molecular complexity index is 661. The fraction of sp³-hybridized carbons (Fsp3) is 0.167. The van der Waals surface area contributed by atoms with E-state index >= 15 is 0 Å². The zero-order valence-electron chi connectivity index (χ0n) is 10.4. The number of nitrogens with zero attached hydrogens (tertiary/aromatic N) is 1. The number of carbonyl (C=O) groups is 1. The van der Waals surface area contributed by atoms with Crippen molar-refractivity contribution in [3.8, 4) is 0 Å². The van der Waals surface area contributed by atoms with Crippen LogP contribution in [-0.4, -0.2) is 10.6 Å². The van der Waals surface area contributed by atoms with Crippen molar-refractivity contribution in [2.24, 2.45) is 7.05 Å². The molecule has 0 aliphatic rings. The first kappa shape index (κ1) is 14.0. The largest absolute Gasteiger partial charge is 0.328 e. The second-order valence-corrected chi connectivity index (χ2v) is 6.01. The van der Waals surface area contributed by atoms with E-state index in [1.165, 1.54) is 11.3 Å². The van der Waals surface area contributed by atoms with Crippen molar-refractivity contribution in [1.82, 2.24) is 4.57 Å². The lowest BCUT2D eigenvalue weighted by Crippen LogP contribution is -2.19. The number of hydrogen-bond acceptors (Lipinski definition) is 3. The van der Waals surface area contributed by atoms with Gasteiger partial charge < -0.3 is 9.88 Å². The molecule has 0 atom stereocenters. The summed E-state index contributed by atoms with van der Waals surface area (Å²) in [5, 5.41) is 6.89. The lowest BCUT2D eigenvalue weighted by molar-refractivity contribution is 0.262. The van der Waals surface area contributed by atoms with E-state index in [1.807, 2.05) is 18.5 Å². The third-order valence-corrected chi connectivity index (χ3v) is 4.45. The van der Waals surface area contributed by atoms with Crippen LogP contribution in [0.25, 0.3) is 0 Å². The van der Waals surface area contributed by atoms with Gasteiger partial charge in [-0.1, -0.05) is 22.9 Å². The molecule has 2 rings (SSSR count). The highest BCUT2D eigenvalue weighted by atomic mass is 35.5. The molecule has 1 aromatic heterocycles. The molecule has 0 saturated carbocycles.